The van der Waals surface area contributed by atoms with E-state index in [1.54, 1.807) is 0 Å². The van der Waals surface area contributed by atoms with E-state index in [-0.39, 0.29) is 0 Å². The molecule has 154 valence electrons. The quantitative estimate of drug-likeness (QED) is 0.697. The van der Waals surface area contributed by atoms with E-state index in [0.717, 1.165) is 44.3 Å². The molecule has 2 fully saturated rings. The number of hydrogen-bond acceptors (Lipinski definition) is 5. The number of rotatable bonds is 8. The topological polar surface area (TPSA) is 48.8 Å². The molecule has 1 aliphatic heterocycles. The molecule has 5 heteroatoms. The number of aromatic nitrogens is 1. The standard InChI is InChI=1S/C23H35N3O2/c1-23(2)19-7-6-18(22(23)13-19)16-28-17-21(27)15-26-11-9-25(10-12-26)14-20-5-3-4-8-24-20/h3-6,8,19,21-22,27H,7,9-17H2,1-2H3. The number of fused-ring (bicyclic) bond motifs is 1. The van der Waals surface area contributed by atoms with E-state index in [1.807, 2.05) is 18.3 Å². The van der Waals surface area contributed by atoms with Gasteiger partial charge in [-0.3, -0.25) is 14.8 Å². The van der Waals surface area contributed by atoms with E-state index in [0.29, 0.717) is 31.1 Å². The minimum Gasteiger partial charge on any atom is -0.389 e. The van der Waals surface area contributed by atoms with Crippen LogP contribution in [-0.2, 0) is 11.3 Å². The Balaban J connectivity index is 1.13. The normalized spacial score (nSPS) is 28.5. The first kappa shape index (κ1) is 20.0. The predicted molar refractivity (Wildman–Crippen MR) is 111 cm³/mol. The van der Waals surface area contributed by atoms with Crippen molar-refractivity contribution in [3.63, 3.8) is 0 Å². The number of β-amino-alcohol motifs (C(OH)–C–C–N with tert-alkyl or cyclic N) is 1. The van der Waals surface area contributed by atoms with Crippen LogP contribution in [0, 0.1) is 17.3 Å². The van der Waals surface area contributed by atoms with Gasteiger partial charge in [0.25, 0.3) is 0 Å². The highest BCUT2D eigenvalue weighted by Gasteiger charge is 2.50. The minimum absolute atomic E-state index is 0.409. The van der Waals surface area contributed by atoms with Crippen molar-refractivity contribution in [3.05, 3.63) is 41.7 Å². The Kier molecular flexibility index (Phi) is 6.16. The molecule has 2 heterocycles. The number of nitrogens with zero attached hydrogens (tertiary/aromatic N) is 3. The number of aliphatic hydroxyl groups excluding tert-OH is 1. The fourth-order valence-corrected chi connectivity index (χ4v) is 5.15. The van der Waals surface area contributed by atoms with Gasteiger partial charge in [-0.1, -0.05) is 26.0 Å². The van der Waals surface area contributed by atoms with Gasteiger partial charge >= 0.3 is 0 Å². The zero-order valence-electron chi connectivity index (χ0n) is 17.4. The number of ether oxygens (including phenoxy) is 1. The van der Waals surface area contributed by atoms with Crippen LogP contribution < -0.4 is 0 Å². The van der Waals surface area contributed by atoms with Gasteiger partial charge in [-0.25, -0.2) is 0 Å². The molecular weight excluding hydrogens is 350 g/mol. The van der Waals surface area contributed by atoms with Crippen molar-refractivity contribution in [1.29, 1.82) is 0 Å². The Morgan fingerprint density at radius 3 is 2.68 bits per heavy atom. The molecule has 0 aromatic carbocycles. The molecule has 28 heavy (non-hydrogen) atoms. The molecule has 0 radical (unpaired) electrons. The van der Waals surface area contributed by atoms with Crippen molar-refractivity contribution >= 4 is 0 Å². The lowest BCUT2D eigenvalue weighted by Crippen LogP contribution is -2.49. The van der Waals surface area contributed by atoms with Crippen molar-refractivity contribution < 1.29 is 9.84 Å². The molecule has 3 atom stereocenters. The summed E-state index contributed by atoms with van der Waals surface area (Å²) in [7, 11) is 0. The summed E-state index contributed by atoms with van der Waals surface area (Å²) in [5.41, 5.74) is 3.03. The van der Waals surface area contributed by atoms with Crippen LogP contribution in [0.2, 0.25) is 0 Å². The third kappa shape index (κ3) is 4.48. The minimum atomic E-state index is -0.409. The fourth-order valence-electron chi connectivity index (χ4n) is 5.15. The Bertz CT molecular complexity index is 668. The molecule has 0 spiro atoms. The number of aliphatic hydroxyl groups is 1. The van der Waals surface area contributed by atoms with Crippen molar-refractivity contribution in [2.24, 2.45) is 17.3 Å². The Labute approximate surface area is 169 Å². The van der Waals surface area contributed by atoms with E-state index < -0.39 is 6.10 Å². The number of pyridine rings is 1. The predicted octanol–water partition coefficient (Wildman–Crippen LogP) is 2.57. The van der Waals surface area contributed by atoms with Gasteiger partial charge in [0.15, 0.2) is 0 Å². The van der Waals surface area contributed by atoms with Crippen molar-refractivity contribution in [2.45, 2.75) is 39.3 Å². The van der Waals surface area contributed by atoms with E-state index in [2.05, 4.69) is 40.8 Å². The van der Waals surface area contributed by atoms with Gasteiger partial charge in [-0.15, -0.1) is 0 Å². The monoisotopic (exact) mass is 385 g/mol. The summed E-state index contributed by atoms with van der Waals surface area (Å²) < 4.78 is 5.90. The molecular formula is C23H35N3O2. The van der Waals surface area contributed by atoms with E-state index in [4.69, 9.17) is 4.74 Å². The van der Waals surface area contributed by atoms with Gasteiger partial charge < -0.3 is 9.84 Å². The van der Waals surface area contributed by atoms with Crippen LogP contribution in [0.25, 0.3) is 0 Å². The largest absolute Gasteiger partial charge is 0.389 e. The maximum Gasteiger partial charge on any atom is 0.0900 e. The van der Waals surface area contributed by atoms with Gasteiger partial charge in [0, 0.05) is 45.5 Å². The van der Waals surface area contributed by atoms with Crippen molar-refractivity contribution in [1.82, 2.24) is 14.8 Å². The average molecular weight is 386 g/mol. The van der Waals surface area contributed by atoms with E-state index in [1.165, 1.54) is 18.4 Å². The smallest absolute Gasteiger partial charge is 0.0900 e. The molecule has 1 N–H and O–H groups in total. The maximum absolute atomic E-state index is 10.4. The first-order valence-corrected chi connectivity index (χ1v) is 10.8. The molecule has 5 rings (SSSR count). The first-order valence-electron chi connectivity index (χ1n) is 10.8. The molecule has 5 nitrogen and oxygen atoms in total. The molecule has 0 amide bonds. The zero-order valence-corrected chi connectivity index (χ0v) is 17.4. The van der Waals surface area contributed by atoms with Crippen LogP contribution in [-0.4, -0.2) is 71.9 Å². The molecule has 4 aliphatic rings. The van der Waals surface area contributed by atoms with Crippen LogP contribution in [0.4, 0.5) is 0 Å². The number of piperazine rings is 1. The van der Waals surface area contributed by atoms with E-state index >= 15 is 0 Å². The Hall–Kier alpha value is -1.27. The lowest BCUT2D eigenvalue weighted by molar-refractivity contribution is -0.0276. The molecule has 1 aromatic heterocycles. The second kappa shape index (κ2) is 8.62. The van der Waals surface area contributed by atoms with Gasteiger partial charge in [-0.05, 0) is 47.8 Å². The lowest BCUT2D eigenvalue weighted by Gasteiger charge is -2.56. The van der Waals surface area contributed by atoms with Crippen LogP contribution in [0.15, 0.2) is 36.0 Å². The summed E-state index contributed by atoms with van der Waals surface area (Å²) in [5, 5.41) is 10.4. The highest BCUT2D eigenvalue weighted by Crippen LogP contribution is 2.59. The Morgan fingerprint density at radius 1 is 1.21 bits per heavy atom. The van der Waals surface area contributed by atoms with E-state index in [9.17, 15) is 5.11 Å². The third-order valence-electron chi connectivity index (χ3n) is 7.21. The summed E-state index contributed by atoms with van der Waals surface area (Å²) >= 11 is 0. The van der Waals surface area contributed by atoms with Gasteiger partial charge in [0.2, 0.25) is 0 Å². The van der Waals surface area contributed by atoms with Crippen LogP contribution >= 0.6 is 0 Å². The Morgan fingerprint density at radius 2 is 2.00 bits per heavy atom. The van der Waals surface area contributed by atoms with Crippen molar-refractivity contribution in [3.8, 4) is 0 Å². The van der Waals surface area contributed by atoms with Crippen LogP contribution in [0.5, 0.6) is 0 Å². The number of hydrogen-bond donors (Lipinski definition) is 1. The maximum atomic E-state index is 10.4. The zero-order chi connectivity index (χ0) is 19.6. The molecule has 1 aromatic rings. The highest BCUT2D eigenvalue weighted by molar-refractivity contribution is 5.23. The molecule has 3 unspecified atom stereocenters. The summed E-state index contributed by atoms with van der Waals surface area (Å²) in [6, 6.07) is 6.09. The fraction of sp³-hybridized carbons (Fsp3) is 0.696. The first-order chi connectivity index (χ1) is 13.5. The lowest BCUT2D eigenvalue weighted by atomic mass is 9.49. The molecule has 3 aliphatic carbocycles. The second-order valence-electron chi connectivity index (χ2n) is 9.39. The summed E-state index contributed by atoms with van der Waals surface area (Å²) in [6.45, 7) is 11.5. The highest BCUT2D eigenvalue weighted by atomic mass is 16.5. The van der Waals surface area contributed by atoms with Gasteiger partial charge in [0.1, 0.15) is 0 Å². The SMILES string of the molecule is CC1(C)C2CC=C(COCC(O)CN3CCN(Cc4ccccn4)CC3)C1C2. The van der Waals surface area contributed by atoms with Crippen molar-refractivity contribution in [2.75, 3.05) is 45.9 Å². The summed E-state index contributed by atoms with van der Waals surface area (Å²) in [4.78, 5) is 9.20. The average Bonchev–Trinajstić information content (AvgIpc) is 2.70. The van der Waals surface area contributed by atoms with Crippen LogP contribution in [0.3, 0.4) is 0 Å². The van der Waals surface area contributed by atoms with Gasteiger partial charge in [0.05, 0.1) is 25.0 Å². The number of allylic oxidation sites excluding steroid dienone is 1. The summed E-state index contributed by atoms with van der Waals surface area (Å²) in [5.74, 6) is 1.55. The van der Waals surface area contributed by atoms with Crippen LogP contribution in [0.1, 0.15) is 32.4 Å². The van der Waals surface area contributed by atoms with Gasteiger partial charge in [-0.2, -0.15) is 0 Å². The summed E-state index contributed by atoms with van der Waals surface area (Å²) in [6.07, 6.45) is 6.36. The second-order valence-corrected chi connectivity index (χ2v) is 9.39. The molecule has 1 saturated carbocycles. The molecule has 2 bridgehead atoms. The third-order valence-corrected chi connectivity index (χ3v) is 7.21. The molecule has 1 saturated heterocycles.